The summed E-state index contributed by atoms with van der Waals surface area (Å²) in [5, 5.41) is 5.36. The number of fused-ring (bicyclic) bond motifs is 2. The first kappa shape index (κ1) is 40.4. The third-order valence-electron chi connectivity index (χ3n) is 9.86. The van der Waals surface area contributed by atoms with Gasteiger partial charge in [-0.05, 0) is 70.9 Å². The normalized spacial score (nSPS) is 15.7. The Hall–Kier alpha value is -4.30. The molecule has 55 heavy (non-hydrogen) atoms. The van der Waals surface area contributed by atoms with Gasteiger partial charge in [0.15, 0.2) is 0 Å². The Bertz CT molecular complexity index is 1880. The van der Waals surface area contributed by atoms with Crippen molar-refractivity contribution in [2.75, 3.05) is 107 Å². The van der Waals surface area contributed by atoms with Crippen molar-refractivity contribution in [1.29, 1.82) is 0 Å². The number of rotatable bonds is 16. The van der Waals surface area contributed by atoms with E-state index < -0.39 is 0 Å². The third kappa shape index (κ3) is 12.9. The van der Waals surface area contributed by atoms with E-state index in [4.69, 9.17) is 29.4 Å². The van der Waals surface area contributed by atoms with Crippen LogP contribution in [0.25, 0.3) is 21.8 Å². The fourth-order valence-electron chi connectivity index (χ4n) is 6.86. The SMILES string of the molecule is CN(C)CCCOc1nc(CN2CCN(Cc3ccccc3)CC2)nc2ccccc12.CN(C)CCCOc1nc(CN2CCNCC2)nc2ccccc12. The van der Waals surface area contributed by atoms with Crippen molar-refractivity contribution >= 4 is 21.8 Å². The third-order valence-corrected chi connectivity index (χ3v) is 9.86. The van der Waals surface area contributed by atoms with Gasteiger partial charge in [0.2, 0.25) is 11.8 Å². The Kier molecular flexibility index (Phi) is 15.5. The molecule has 0 unspecified atom stereocenters. The van der Waals surface area contributed by atoms with Crippen LogP contribution < -0.4 is 14.8 Å². The first-order chi connectivity index (χ1) is 26.9. The van der Waals surface area contributed by atoms with Crippen molar-refractivity contribution in [1.82, 2.24) is 49.8 Å². The fourth-order valence-corrected chi connectivity index (χ4v) is 6.86. The van der Waals surface area contributed by atoms with Gasteiger partial charge in [0.25, 0.3) is 0 Å². The van der Waals surface area contributed by atoms with Crippen molar-refractivity contribution in [3.8, 4) is 11.8 Å². The Morgan fingerprint density at radius 3 is 1.45 bits per heavy atom. The molecule has 3 aromatic carbocycles. The summed E-state index contributed by atoms with van der Waals surface area (Å²) < 4.78 is 12.1. The summed E-state index contributed by atoms with van der Waals surface area (Å²) >= 11 is 0. The van der Waals surface area contributed by atoms with Crippen molar-refractivity contribution < 1.29 is 9.47 Å². The number of hydrogen-bond acceptors (Lipinski definition) is 12. The smallest absolute Gasteiger partial charge is 0.224 e. The molecule has 0 radical (unpaired) electrons. The average Bonchev–Trinajstić information content (AvgIpc) is 3.20. The molecule has 0 spiro atoms. The van der Waals surface area contributed by atoms with Gasteiger partial charge in [0, 0.05) is 72.0 Å². The molecule has 0 amide bonds. The number of piperazine rings is 2. The quantitative estimate of drug-likeness (QED) is 0.143. The Morgan fingerprint density at radius 2 is 0.964 bits per heavy atom. The fraction of sp³-hybridized carbons (Fsp3) is 0.488. The predicted molar refractivity (Wildman–Crippen MR) is 222 cm³/mol. The highest BCUT2D eigenvalue weighted by Crippen LogP contribution is 2.24. The largest absolute Gasteiger partial charge is 0.477 e. The van der Waals surface area contributed by atoms with Gasteiger partial charge in [-0.1, -0.05) is 54.6 Å². The van der Waals surface area contributed by atoms with Gasteiger partial charge in [0.1, 0.15) is 11.6 Å². The minimum absolute atomic E-state index is 0.663. The maximum absolute atomic E-state index is 6.08. The summed E-state index contributed by atoms with van der Waals surface area (Å²) in [5.74, 6) is 3.11. The van der Waals surface area contributed by atoms with Crippen LogP contribution in [0.5, 0.6) is 11.8 Å². The van der Waals surface area contributed by atoms with E-state index >= 15 is 0 Å². The van der Waals surface area contributed by atoms with Crippen LogP contribution in [0.2, 0.25) is 0 Å². The lowest BCUT2D eigenvalue weighted by atomic mass is 10.2. The standard InChI is InChI=1S/C25H33N5O.C18H27N5O/c1-28(2)13-8-18-31-25-22-11-6-7-12-23(22)26-24(27-25)20-30-16-14-29(15-17-30)19-21-9-4-3-5-10-21;1-22(2)10-5-13-24-18-15-6-3-4-7-16(15)20-17(21-18)14-23-11-8-19-9-12-23/h3-7,9-12H,8,13-20H2,1-2H3;3-4,6-7,19H,5,8-14H2,1-2H3. The second kappa shape index (κ2) is 21.1. The molecule has 7 rings (SSSR count). The molecule has 12 heteroatoms. The average molecular weight is 749 g/mol. The van der Waals surface area contributed by atoms with Crippen molar-refractivity contribution in [3.63, 3.8) is 0 Å². The molecule has 0 aliphatic carbocycles. The maximum Gasteiger partial charge on any atom is 0.224 e. The molecule has 0 bridgehead atoms. The van der Waals surface area contributed by atoms with Gasteiger partial charge >= 0.3 is 0 Å². The van der Waals surface area contributed by atoms with E-state index in [1.165, 1.54) is 5.56 Å². The van der Waals surface area contributed by atoms with E-state index in [2.05, 4.69) is 88.3 Å². The molecule has 2 saturated heterocycles. The van der Waals surface area contributed by atoms with Gasteiger partial charge in [-0.25, -0.2) is 9.97 Å². The lowest BCUT2D eigenvalue weighted by molar-refractivity contribution is 0.119. The molecule has 2 fully saturated rings. The second-order valence-electron chi connectivity index (χ2n) is 15.0. The summed E-state index contributed by atoms with van der Waals surface area (Å²) in [4.78, 5) is 30.7. The monoisotopic (exact) mass is 748 g/mol. The predicted octanol–water partition coefficient (Wildman–Crippen LogP) is 4.64. The zero-order chi connectivity index (χ0) is 38.2. The van der Waals surface area contributed by atoms with Gasteiger partial charge < -0.3 is 24.6 Å². The zero-order valence-corrected chi connectivity index (χ0v) is 33.4. The minimum Gasteiger partial charge on any atom is -0.477 e. The van der Waals surface area contributed by atoms with E-state index in [-0.39, 0.29) is 0 Å². The second-order valence-corrected chi connectivity index (χ2v) is 15.0. The molecule has 1 N–H and O–H groups in total. The van der Waals surface area contributed by atoms with Crippen LogP contribution in [-0.4, -0.2) is 151 Å². The highest BCUT2D eigenvalue weighted by Gasteiger charge is 2.19. The summed E-state index contributed by atoms with van der Waals surface area (Å²) in [7, 11) is 8.31. The van der Waals surface area contributed by atoms with E-state index in [9.17, 15) is 0 Å². The number of para-hydroxylation sites is 2. The molecule has 5 aromatic rings. The molecular weight excluding hydrogens is 689 g/mol. The Labute approximate surface area is 327 Å². The van der Waals surface area contributed by atoms with E-state index in [0.717, 1.165) is 131 Å². The first-order valence-electron chi connectivity index (χ1n) is 19.9. The summed E-state index contributed by atoms with van der Waals surface area (Å²) in [6, 6.07) is 26.9. The lowest BCUT2D eigenvalue weighted by Crippen LogP contribution is -2.45. The summed E-state index contributed by atoms with van der Waals surface area (Å²) in [5.41, 5.74) is 3.29. The molecule has 2 aromatic heterocycles. The summed E-state index contributed by atoms with van der Waals surface area (Å²) in [6.07, 6.45) is 1.96. The van der Waals surface area contributed by atoms with E-state index in [1.54, 1.807) is 0 Å². The van der Waals surface area contributed by atoms with Crippen LogP contribution in [0.1, 0.15) is 30.1 Å². The summed E-state index contributed by atoms with van der Waals surface area (Å²) in [6.45, 7) is 14.2. The highest BCUT2D eigenvalue weighted by molar-refractivity contribution is 5.84. The van der Waals surface area contributed by atoms with E-state index in [0.29, 0.717) is 25.0 Å². The molecule has 0 atom stereocenters. The van der Waals surface area contributed by atoms with Crippen LogP contribution in [0.15, 0.2) is 78.9 Å². The van der Waals surface area contributed by atoms with Crippen LogP contribution in [-0.2, 0) is 19.6 Å². The Balaban J connectivity index is 0.000000193. The van der Waals surface area contributed by atoms with E-state index in [1.807, 2.05) is 48.5 Å². The number of hydrogen-bond donors (Lipinski definition) is 1. The molecule has 294 valence electrons. The number of aromatic nitrogens is 4. The van der Waals surface area contributed by atoms with Gasteiger partial charge in [-0.2, -0.15) is 9.97 Å². The highest BCUT2D eigenvalue weighted by atomic mass is 16.5. The minimum atomic E-state index is 0.663. The molecule has 2 aliphatic heterocycles. The molecule has 12 nitrogen and oxygen atoms in total. The number of nitrogens with one attached hydrogen (secondary N) is 1. The molecule has 0 saturated carbocycles. The van der Waals surface area contributed by atoms with Crippen LogP contribution >= 0.6 is 0 Å². The van der Waals surface area contributed by atoms with Crippen molar-refractivity contribution in [2.45, 2.75) is 32.5 Å². The van der Waals surface area contributed by atoms with Gasteiger partial charge in [-0.3, -0.25) is 14.7 Å². The van der Waals surface area contributed by atoms with Gasteiger partial charge in [0.05, 0.1) is 48.1 Å². The molecular formula is C43H60N10O2. The van der Waals surface area contributed by atoms with Crippen LogP contribution in [0.4, 0.5) is 0 Å². The number of benzene rings is 3. The Morgan fingerprint density at radius 1 is 0.527 bits per heavy atom. The first-order valence-corrected chi connectivity index (χ1v) is 19.9. The molecule has 4 heterocycles. The lowest BCUT2D eigenvalue weighted by Gasteiger charge is -2.34. The van der Waals surface area contributed by atoms with Crippen molar-refractivity contribution in [3.05, 3.63) is 96.1 Å². The van der Waals surface area contributed by atoms with Crippen molar-refractivity contribution in [2.24, 2.45) is 0 Å². The van der Waals surface area contributed by atoms with Crippen LogP contribution in [0.3, 0.4) is 0 Å². The van der Waals surface area contributed by atoms with Crippen LogP contribution in [0, 0.1) is 0 Å². The number of ether oxygens (including phenoxy) is 2. The van der Waals surface area contributed by atoms with Gasteiger partial charge in [-0.15, -0.1) is 0 Å². The topological polar surface area (TPSA) is 98.2 Å². The zero-order valence-electron chi connectivity index (χ0n) is 33.4. The molecule has 2 aliphatic rings. The maximum atomic E-state index is 6.08. The number of nitrogens with zero attached hydrogens (tertiary/aromatic N) is 9.